The first-order valence-electron chi connectivity index (χ1n) is 5.13. The van der Waals surface area contributed by atoms with Crippen molar-refractivity contribution in [3.63, 3.8) is 0 Å². The summed E-state index contributed by atoms with van der Waals surface area (Å²) < 4.78 is 5.52. The molecule has 1 rings (SSSR count). The molecule has 1 aromatic rings. The Labute approximate surface area is 90.3 Å². The van der Waals surface area contributed by atoms with Gasteiger partial charge in [-0.1, -0.05) is 0 Å². The van der Waals surface area contributed by atoms with Crippen LogP contribution in [0.2, 0.25) is 0 Å². The molecule has 4 nitrogen and oxygen atoms in total. The van der Waals surface area contributed by atoms with E-state index in [1.165, 1.54) is 0 Å². The van der Waals surface area contributed by atoms with Gasteiger partial charge in [-0.3, -0.25) is 0 Å². The second-order valence-electron chi connectivity index (χ2n) is 3.75. The fraction of sp³-hybridized carbons (Fsp3) is 0.545. The Kier molecular flexibility index (Phi) is 4.37. The van der Waals surface area contributed by atoms with Gasteiger partial charge in [0.1, 0.15) is 0 Å². The van der Waals surface area contributed by atoms with Gasteiger partial charge in [0.15, 0.2) is 0 Å². The first-order valence-corrected chi connectivity index (χ1v) is 5.13. The third kappa shape index (κ3) is 4.16. The summed E-state index contributed by atoms with van der Waals surface area (Å²) in [7, 11) is 0. The highest BCUT2D eigenvalue weighted by atomic mass is 16.5. The third-order valence-corrected chi connectivity index (χ3v) is 1.71. The van der Waals surface area contributed by atoms with Gasteiger partial charge in [-0.05, 0) is 32.9 Å². The van der Waals surface area contributed by atoms with Gasteiger partial charge >= 0.3 is 0 Å². The van der Waals surface area contributed by atoms with Gasteiger partial charge in [-0.15, -0.1) is 0 Å². The van der Waals surface area contributed by atoms with Crippen LogP contribution in [0.5, 0.6) is 5.88 Å². The Morgan fingerprint density at radius 3 is 2.80 bits per heavy atom. The van der Waals surface area contributed by atoms with E-state index in [4.69, 9.17) is 9.84 Å². The van der Waals surface area contributed by atoms with Crippen LogP contribution >= 0.6 is 0 Å². The van der Waals surface area contributed by atoms with Crippen molar-refractivity contribution >= 4 is 5.69 Å². The zero-order valence-corrected chi connectivity index (χ0v) is 9.40. The molecule has 0 aliphatic carbocycles. The van der Waals surface area contributed by atoms with Gasteiger partial charge in [-0.25, -0.2) is 4.98 Å². The number of hydrogen-bond acceptors (Lipinski definition) is 4. The summed E-state index contributed by atoms with van der Waals surface area (Å²) in [6.45, 7) is 6.12. The quantitative estimate of drug-likeness (QED) is 0.776. The third-order valence-electron chi connectivity index (χ3n) is 1.71. The molecule has 1 atom stereocenters. The molecular formula is C11H18N2O2. The van der Waals surface area contributed by atoms with E-state index in [9.17, 15) is 0 Å². The molecule has 0 radical (unpaired) electrons. The highest BCUT2D eigenvalue weighted by molar-refractivity contribution is 5.52. The molecule has 0 aromatic carbocycles. The topological polar surface area (TPSA) is 54.4 Å². The van der Waals surface area contributed by atoms with Crippen LogP contribution in [0.1, 0.15) is 20.8 Å². The van der Waals surface area contributed by atoms with Crippen LogP contribution in [0.15, 0.2) is 18.3 Å². The lowest BCUT2D eigenvalue weighted by Crippen LogP contribution is -2.17. The van der Waals surface area contributed by atoms with E-state index in [-0.39, 0.29) is 6.10 Å². The number of ether oxygens (including phenoxy) is 1. The molecule has 2 N–H and O–H groups in total. The molecule has 15 heavy (non-hydrogen) atoms. The maximum Gasteiger partial charge on any atom is 0.237 e. The number of rotatable bonds is 5. The predicted molar refractivity (Wildman–Crippen MR) is 60.2 cm³/mol. The molecule has 0 fully saturated rings. The summed E-state index contributed by atoms with van der Waals surface area (Å²) in [5.74, 6) is 0.577. The van der Waals surface area contributed by atoms with Crippen molar-refractivity contribution in [1.29, 1.82) is 0 Å². The molecule has 1 heterocycles. The van der Waals surface area contributed by atoms with E-state index in [2.05, 4.69) is 10.3 Å². The van der Waals surface area contributed by atoms with Crippen LogP contribution in [-0.4, -0.2) is 28.8 Å². The summed E-state index contributed by atoms with van der Waals surface area (Å²) in [6, 6.07) is 3.71. The van der Waals surface area contributed by atoms with E-state index in [1.54, 1.807) is 13.1 Å². The van der Waals surface area contributed by atoms with Crippen molar-refractivity contribution in [2.75, 3.05) is 11.9 Å². The average Bonchev–Trinajstić information content (AvgIpc) is 2.15. The molecule has 0 aliphatic rings. The largest absolute Gasteiger partial charge is 0.473 e. The van der Waals surface area contributed by atoms with Crippen molar-refractivity contribution in [3.8, 4) is 5.88 Å². The molecule has 4 heteroatoms. The van der Waals surface area contributed by atoms with E-state index >= 15 is 0 Å². The standard InChI is InChI=1S/C11H18N2O2/c1-8(2)15-11-10(5-4-6-12-11)13-7-9(3)14/h4-6,8-9,13-14H,7H2,1-3H3. The molecule has 0 aliphatic heterocycles. The van der Waals surface area contributed by atoms with Crippen LogP contribution in [0.4, 0.5) is 5.69 Å². The smallest absolute Gasteiger partial charge is 0.237 e. The van der Waals surface area contributed by atoms with Crippen LogP contribution in [-0.2, 0) is 0 Å². The normalized spacial score (nSPS) is 12.6. The maximum atomic E-state index is 9.16. The minimum atomic E-state index is -0.392. The van der Waals surface area contributed by atoms with Gasteiger partial charge in [0.25, 0.3) is 0 Å². The van der Waals surface area contributed by atoms with Gasteiger partial charge in [0.05, 0.1) is 17.9 Å². The number of aromatic nitrogens is 1. The summed E-state index contributed by atoms with van der Waals surface area (Å²) >= 11 is 0. The minimum Gasteiger partial charge on any atom is -0.473 e. The molecule has 0 bridgehead atoms. The Morgan fingerprint density at radius 2 is 2.20 bits per heavy atom. The second-order valence-corrected chi connectivity index (χ2v) is 3.75. The Hall–Kier alpha value is -1.29. The number of hydrogen-bond donors (Lipinski definition) is 2. The van der Waals surface area contributed by atoms with Gasteiger partial charge in [-0.2, -0.15) is 0 Å². The lowest BCUT2D eigenvalue weighted by Gasteiger charge is -2.14. The van der Waals surface area contributed by atoms with Crippen molar-refractivity contribution < 1.29 is 9.84 Å². The number of nitrogens with one attached hydrogen (secondary N) is 1. The maximum absolute atomic E-state index is 9.16. The molecule has 1 aromatic heterocycles. The van der Waals surface area contributed by atoms with Crippen molar-refractivity contribution in [2.45, 2.75) is 33.0 Å². The summed E-state index contributed by atoms with van der Waals surface area (Å²) in [6.07, 6.45) is 1.38. The van der Waals surface area contributed by atoms with E-state index in [0.29, 0.717) is 12.4 Å². The van der Waals surface area contributed by atoms with Crippen LogP contribution < -0.4 is 10.1 Å². The Bertz CT molecular complexity index is 300. The molecule has 0 saturated carbocycles. The number of pyridine rings is 1. The zero-order chi connectivity index (χ0) is 11.3. The molecule has 1 unspecified atom stereocenters. The highest BCUT2D eigenvalue weighted by Gasteiger charge is 2.06. The Balaban J connectivity index is 2.68. The van der Waals surface area contributed by atoms with Gasteiger partial charge in [0.2, 0.25) is 5.88 Å². The van der Waals surface area contributed by atoms with Gasteiger partial charge < -0.3 is 15.2 Å². The van der Waals surface area contributed by atoms with E-state index in [0.717, 1.165) is 5.69 Å². The van der Waals surface area contributed by atoms with Crippen molar-refractivity contribution in [3.05, 3.63) is 18.3 Å². The van der Waals surface area contributed by atoms with E-state index in [1.807, 2.05) is 26.0 Å². The number of aliphatic hydroxyl groups is 1. The second kappa shape index (κ2) is 5.56. The molecule has 0 spiro atoms. The minimum absolute atomic E-state index is 0.0898. The average molecular weight is 210 g/mol. The fourth-order valence-corrected chi connectivity index (χ4v) is 1.10. The highest BCUT2D eigenvalue weighted by Crippen LogP contribution is 2.21. The predicted octanol–water partition coefficient (Wildman–Crippen LogP) is 1.66. The molecule has 0 saturated heterocycles. The first kappa shape index (κ1) is 11.8. The summed E-state index contributed by atoms with van der Waals surface area (Å²) in [4.78, 5) is 4.13. The summed E-state index contributed by atoms with van der Waals surface area (Å²) in [5, 5.41) is 12.2. The van der Waals surface area contributed by atoms with Crippen molar-refractivity contribution in [2.24, 2.45) is 0 Å². The molecule has 0 amide bonds. The monoisotopic (exact) mass is 210 g/mol. The first-order chi connectivity index (χ1) is 7.09. The lowest BCUT2D eigenvalue weighted by molar-refractivity contribution is 0.207. The summed E-state index contributed by atoms with van der Waals surface area (Å²) in [5.41, 5.74) is 0.812. The molecule has 84 valence electrons. The van der Waals surface area contributed by atoms with Gasteiger partial charge in [0, 0.05) is 12.7 Å². The van der Waals surface area contributed by atoms with E-state index < -0.39 is 6.10 Å². The number of anilines is 1. The molecular weight excluding hydrogens is 192 g/mol. The SMILES string of the molecule is CC(O)CNc1cccnc1OC(C)C. The number of aliphatic hydroxyl groups excluding tert-OH is 1. The van der Waals surface area contributed by atoms with Crippen LogP contribution in [0, 0.1) is 0 Å². The van der Waals surface area contributed by atoms with Crippen LogP contribution in [0.3, 0.4) is 0 Å². The fourth-order valence-electron chi connectivity index (χ4n) is 1.10. The lowest BCUT2D eigenvalue weighted by atomic mass is 10.3. The Morgan fingerprint density at radius 1 is 1.47 bits per heavy atom. The zero-order valence-electron chi connectivity index (χ0n) is 9.40. The number of nitrogens with zero attached hydrogens (tertiary/aromatic N) is 1. The van der Waals surface area contributed by atoms with Crippen LogP contribution in [0.25, 0.3) is 0 Å². The van der Waals surface area contributed by atoms with Crippen molar-refractivity contribution in [1.82, 2.24) is 4.98 Å².